The average Bonchev–Trinajstić information content (AvgIpc) is 3.15. The molecule has 0 aliphatic rings. The highest BCUT2D eigenvalue weighted by Crippen LogP contribution is 2.27. The number of tetrazole rings is 1. The van der Waals surface area contributed by atoms with Crippen LogP contribution in [-0.2, 0) is 4.79 Å². The van der Waals surface area contributed by atoms with Gasteiger partial charge in [0.25, 0.3) is 0 Å². The molecule has 0 bridgehead atoms. The fourth-order valence-corrected chi connectivity index (χ4v) is 3.28. The van der Waals surface area contributed by atoms with Crippen molar-refractivity contribution in [2.45, 2.75) is 30.6 Å². The van der Waals surface area contributed by atoms with E-state index in [9.17, 15) is 22.8 Å². The van der Waals surface area contributed by atoms with Crippen LogP contribution in [0.2, 0.25) is 0 Å². The fraction of sp³-hybridized carbons (Fsp3) is 0.211. The summed E-state index contributed by atoms with van der Waals surface area (Å²) < 4.78 is 42.0. The van der Waals surface area contributed by atoms with Gasteiger partial charge in [-0.15, -0.1) is 18.3 Å². The van der Waals surface area contributed by atoms with Gasteiger partial charge in [-0.25, -0.2) is 0 Å². The number of benzene rings is 2. The summed E-state index contributed by atoms with van der Waals surface area (Å²) in [4.78, 5) is 24.0. The highest BCUT2D eigenvalue weighted by molar-refractivity contribution is 8.00. The molecule has 31 heavy (non-hydrogen) atoms. The van der Waals surface area contributed by atoms with Crippen LogP contribution in [0.3, 0.4) is 0 Å². The number of hydrogen-bond donors (Lipinski definition) is 1. The second kappa shape index (κ2) is 9.16. The summed E-state index contributed by atoms with van der Waals surface area (Å²) in [5.74, 6) is -0.836. The second-order valence-electron chi connectivity index (χ2n) is 6.30. The van der Waals surface area contributed by atoms with Crippen LogP contribution in [-0.4, -0.2) is 43.5 Å². The minimum absolute atomic E-state index is 0.121. The Balaban J connectivity index is 1.68. The Bertz CT molecular complexity index is 1090. The van der Waals surface area contributed by atoms with Crippen molar-refractivity contribution in [2.75, 3.05) is 5.32 Å². The van der Waals surface area contributed by atoms with Crippen LogP contribution in [0.1, 0.15) is 24.2 Å². The zero-order valence-electron chi connectivity index (χ0n) is 16.3. The van der Waals surface area contributed by atoms with Gasteiger partial charge in [-0.3, -0.25) is 9.59 Å². The number of rotatable bonds is 7. The van der Waals surface area contributed by atoms with Gasteiger partial charge in [0.2, 0.25) is 11.1 Å². The lowest BCUT2D eigenvalue weighted by Crippen LogP contribution is -2.23. The number of amides is 1. The SMILES string of the molecule is CC(=O)c1cccc(NC(=O)C(C)Sc2nnnn2-c2ccc(OC(F)(F)F)cc2)c1. The number of hydrogen-bond acceptors (Lipinski definition) is 7. The van der Waals surface area contributed by atoms with E-state index < -0.39 is 11.6 Å². The highest BCUT2D eigenvalue weighted by atomic mass is 32.2. The van der Waals surface area contributed by atoms with Crippen LogP contribution in [0.15, 0.2) is 53.7 Å². The molecule has 1 atom stereocenters. The Hall–Kier alpha value is -3.41. The van der Waals surface area contributed by atoms with Gasteiger partial charge in [0, 0.05) is 11.3 Å². The largest absolute Gasteiger partial charge is 0.573 e. The number of halogens is 3. The van der Waals surface area contributed by atoms with Crippen molar-refractivity contribution in [1.82, 2.24) is 20.2 Å². The summed E-state index contributed by atoms with van der Waals surface area (Å²) in [5.41, 5.74) is 1.34. The second-order valence-corrected chi connectivity index (χ2v) is 7.61. The van der Waals surface area contributed by atoms with Crippen LogP contribution in [0, 0.1) is 0 Å². The van der Waals surface area contributed by atoms with Crippen molar-refractivity contribution < 1.29 is 27.5 Å². The molecule has 3 aromatic rings. The maximum Gasteiger partial charge on any atom is 0.573 e. The van der Waals surface area contributed by atoms with E-state index in [1.54, 1.807) is 31.2 Å². The monoisotopic (exact) mass is 451 g/mol. The smallest absolute Gasteiger partial charge is 0.406 e. The molecular weight excluding hydrogens is 435 g/mol. The number of ketones is 1. The van der Waals surface area contributed by atoms with Gasteiger partial charge >= 0.3 is 6.36 Å². The number of carbonyl (C=O) groups excluding carboxylic acids is 2. The van der Waals surface area contributed by atoms with Crippen LogP contribution in [0.25, 0.3) is 5.69 Å². The van der Waals surface area contributed by atoms with Gasteiger partial charge < -0.3 is 10.1 Å². The van der Waals surface area contributed by atoms with Crippen LogP contribution < -0.4 is 10.1 Å². The van der Waals surface area contributed by atoms with Gasteiger partial charge in [-0.2, -0.15) is 4.68 Å². The first-order chi connectivity index (χ1) is 14.6. The van der Waals surface area contributed by atoms with Crippen molar-refractivity contribution in [3.63, 3.8) is 0 Å². The fourth-order valence-electron chi connectivity index (χ4n) is 2.47. The number of nitrogens with zero attached hydrogens (tertiary/aromatic N) is 4. The van der Waals surface area contributed by atoms with E-state index in [0.29, 0.717) is 16.9 Å². The summed E-state index contributed by atoms with van der Waals surface area (Å²) >= 11 is 1.06. The maximum absolute atomic E-state index is 12.5. The Morgan fingerprint density at radius 1 is 1.16 bits per heavy atom. The maximum atomic E-state index is 12.5. The summed E-state index contributed by atoms with van der Waals surface area (Å²) in [5, 5.41) is 13.6. The van der Waals surface area contributed by atoms with E-state index in [4.69, 9.17) is 0 Å². The van der Waals surface area contributed by atoms with E-state index in [1.165, 1.54) is 23.7 Å². The summed E-state index contributed by atoms with van der Waals surface area (Å²) in [7, 11) is 0. The molecule has 3 rings (SSSR count). The first kappa shape index (κ1) is 22.3. The third-order valence-corrected chi connectivity index (χ3v) is 4.98. The van der Waals surface area contributed by atoms with Gasteiger partial charge in [0.1, 0.15) is 5.75 Å². The van der Waals surface area contributed by atoms with E-state index in [1.807, 2.05) is 0 Å². The zero-order valence-corrected chi connectivity index (χ0v) is 17.1. The molecule has 0 saturated heterocycles. The lowest BCUT2D eigenvalue weighted by Gasteiger charge is -2.12. The Kier molecular flexibility index (Phi) is 6.59. The molecule has 2 aromatic carbocycles. The molecule has 0 radical (unpaired) electrons. The number of carbonyl (C=O) groups is 2. The average molecular weight is 451 g/mol. The molecular formula is C19H16F3N5O3S. The normalized spacial score (nSPS) is 12.3. The predicted molar refractivity (Wildman–Crippen MR) is 106 cm³/mol. The third-order valence-electron chi connectivity index (χ3n) is 3.94. The topological polar surface area (TPSA) is 99.0 Å². The Morgan fingerprint density at radius 3 is 2.52 bits per heavy atom. The molecule has 1 aromatic heterocycles. The molecule has 1 unspecified atom stereocenters. The summed E-state index contributed by atoms with van der Waals surface area (Å²) in [6.45, 7) is 3.08. The predicted octanol–water partition coefficient (Wildman–Crippen LogP) is 3.88. The number of nitrogens with one attached hydrogen (secondary N) is 1. The van der Waals surface area contributed by atoms with Crippen molar-refractivity contribution in [1.29, 1.82) is 0 Å². The van der Waals surface area contributed by atoms with Crippen LogP contribution in [0.4, 0.5) is 18.9 Å². The molecule has 1 amide bonds. The molecule has 0 saturated carbocycles. The number of aromatic nitrogens is 4. The number of anilines is 1. The van der Waals surface area contributed by atoms with Crippen LogP contribution in [0.5, 0.6) is 5.75 Å². The van der Waals surface area contributed by atoms with Crippen molar-refractivity contribution in [3.05, 3.63) is 54.1 Å². The molecule has 162 valence electrons. The Labute approximate surface area is 178 Å². The molecule has 1 N–H and O–H groups in total. The van der Waals surface area contributed by atoms with Gasteiger partial charge in [0.15, 0.2) is 5.78 Å². The van der Waals surface area contributed by atoms with Crippen molar-refractivity contribution in [3.8, 4) is 11.4 Å². The molecule has 12 heteroatoms. The third kappa shape index (κ3) is 6.04. The van der Waals surface area contributed by atoms with Crippen molar-refractivity contribution >= 4 is 29.1 Å². The molecule has 0 spiro atoms. The minimum Gasteiger partial charge on any atom is -0.406 e. The molecule has 8 nitrogen and oxygen atoms in total. The minimum atomic E-state index is -4.79. The van der Waals surface area contributed by atoms with Gasteiger partial charge in [-0.1, -0.05) is 23.9 Å². The number of thioether (sulfide) groups is 1. The highest BCUT2D eigenvalue weighted by Gasteiger charge is 2.31. The summed E-state index contributed by atoms with van der Waals surface area (Å²) in [6.07, 6.45) is -4.79. The van der Waals surface area contributed by atoms with E-state index in [2.05, 4.69) is 25.6 Å². The standard InChI is InChI=1S/C19H16F3N5O3S/c1-11(28)13-4-3-5-14(10-13)23-17(29)12(2)31-18-24-25-26-27(18)15-6-8-16(9-7-15)30-19(20,21)22/h3-10,12H,1-2H3,(H,23,29). The number of Topliss-reactive ketones (excluding diaryl/α,β-unsaturated/α-hetero) is 1. The van der Waals surface area contributed by atoms with E-state index in [-0.39, 0.29) is 22.6 Å². The molecule has 0 aliphatic heterocycles. The molecule has 1 heterocycles. The lowest BCUT2D eigenvalue weighted by atomic mass is 10.1. The number of alkyl halides is 3. The Morgan fingerprint density at radius 2 is 1.87 bits per heavy atom. The van der Waals surface area contributed by atoms with Gasteiger partial charge in [-0.05, 0) is 60.7 Å². The van der Waals surface area contributed by atoms with Crippen LogP contribution >= 0.6 is 11.8 Å². The van der Waals surface area contributed by atoms with Crippen molar-refractivity contribution in [2.24, 2.45) is 0 Å². The first-order valence-corrected chi connectivity index (χ1v) is 9.73. The summed E-state index contributed by atoms with van der Waals surface area (Å²) in [6, 6.07) is 11.5. The first-order valence-electron chi connectivity index (χ1n) is 8.85. The number of ether oxygens (including phenoxy) is 1. The van der Waals surface area contributed by atoms with E-state index >= 15 is 0 Å². The lowest BCUT2D eigenvalue weighted by molar-refractivity contribution is -0.274. The molecule has 0 aliphatic carbocycles. The molecule has 0 fully saturated rings. The zero-order chi connectivity index (χ0) is 22.6. The quantitative estimate of drug-likeness (QED) is 0.430. The van der Waals surface area contributed by atoms with Gasteiger partial charge in [0.05, 0.1) is 10.9 Å². The van der Waals surface area contributed by atoms with E-state index in [0.717, 1.165) is 23.9 Å².